The van der Waals surface area contributed by atoms with Gasteiger partial charge < -0.3 is 20.6 Å². The second-order valence-corrected chi connectivity index (χ2v) is 12.8. The number of benzene rings is 1. The largest absolute Gasteiger partial charge is 0.480 e. The van der Waals surface area contributed by atoms with E-state index >= 15 is 0 Å². The summed E-state index contributed by atoms with van der Waals surface area (Å²) >= 11 is 1.26. The lowest BCUT2D eigenvalue weighted by Gasteiger charge is -2.44. The number of amides is 6. The van der Waals surface area contributed by atoms with Crippen LogP contribution in [0, 0.1) is 0 Å². The van der Waals surface area contributed by atoms with Crippen LogP contribution in [-0.4, -0.2) is 99.0 Å². The van der Waals surface area contributed by atoms with E-state index in [2.05, 4.69) is 10.6 Å². The van der Waals surface area contributed by atoms with E-state index in [4.69, 9.17) is 0 Å². The molecule has 3 heterocycles. The van der Waals surface area contributed by atoms with Crippen LogP contribution in [0.1, 0.15) is 25.5 Å². The Kier molecular flexibility index (Phi) is 6.41. The van der Waals surface area contributed by atoms with Crippen molar-refractivity contribution in [3.63, 3.8) is 0 Å². The van der Waals surface area contributed by atoms with Crippen molar-refractivity contribution in [2.45, 2.75) is 42.1 Å². The standard InChI is InChI=1S/C21H25N5O8S2/c1-21(2)14(18(29)30)26-16(28)13(17(26)35-21)22-15(27)12(11-7-5-4-6-8-11)23-19(31)24-9-10-25(20(24)32)36(3,33)34/h4-8,12-14,17H,9-10H2,1-3H3,(H,22,27)(H,23,31)(H,29,30)/t12-,13-,14-,17+/m1/s1. The van der Waals surface area contributed by atoms with E-state index in [0.717, 1.165) is 6.26 Å². The van der Waals surface area contributed by atoms with E-state index in [-0.39, 0.29) is 13.1 Å². The molecule has 6 amide bonds. The quantitative estimate of drug-likeness (QED) is 0.413. The topological polar surface area (TPSA) is 173 Å². The van der Waals surface area contributed by atoms with Gasteiger partial charge in [0.15, 0.2) is 0 Å². The third-order valence-electron chi connectivity index (χ3n) is 6.25. The monoisotopic (exact) mass is 539 g/mol. The van der Waals surface area contributed by atoms with E-state index in [1.807, 2.05) is 0 Å². The van der Waals surface area contributed by atoms with Gasteiger partial charge in [0, 0.05) is 4.75 Å². The van der Waals surface area contributed by atoms with E-state index in [1.165, 1.54) is 16.7 Å². The first-order valence-corrected chi connectivity index (χ1v) is 13.6. The van der Waals surface area contributed by atoms with Gasteiger partial charge in [-0.05, 0) is 19.4 Å². The molecule has 1 aromatic carbocycles. The molecule has 0 aromatic heterocycles. The number of hydrogen-bond donors (Lipinski definition) is 3. The first-order valence-electron chi connectivity index (χ1n) is 10.9. The van der Waals surface area contributed by atoms with E-state index in [0.29, 0.717) is 14.8 Å². The summed E-state index contributed by atoms with van der Waals surface area (Å²) in [5.74, 6) is -2.42. The molecule has 36 heavy (non-hydrogen) atoms. The summed E-state index contributed by atoms with van der Waals surface area (Å²) in [7, 11) is -3.87. The van der Waals surface area contributed by atoms with Crippen molar-refractivity contribution < 1.29 is 37.5 Å². The Morgan fingerprint density at radius 3 is 2.33 bits per heavy atom. The van der Waals surface area contributed by atoms with E-state index in [9.17, 15) is 37.5 Å². The zero-order chi connectivity index (χ0) is 26.6. The van der Waals surface area contributed by atoms with Crippen LogP contribution in [0.15, 0.2) is 30.3 Å². The van der Waals surface area contributed by atoms with E-state index < -0.39 is 68.1 Å². The molecule has 3 aliphatic rings. The lowest BCUT2D eigenvalue weighted by molar-refractivity contribution is -0.161. The molecule has 0 unspecified atom stereocenters. The molecule has 3 fully saturated rings. The lowest BCUT2D eigenvalue weighted by Crippen LogP contribution is -2.71. The minimum absolute atomic E-state index is 0.193. The normalized spacial score (nSPS) is 25.8. The number of carbonyl (C=O) groups is 5. The van der Waals surface area contributed by atoms with Crippen LogP contribution < -0.4 is 10.6 Å². The number of carboxylic acid groups (broad SMARTS) is 1. The fourth-order valence-electron chi connectivity index (χ4n) is 4.54. The Balaban J connectivity index is 1.51. The maximum atomic E-state index is 13.3. The number of aliphatic carboxylic acids is 1. The highest BCUT2D eigenvalue weighted by Crippen LogP contribution is 2.50. The summed E-state index contributed by atoms with van der Waals surface area (Å²) in [5, 5.41) is 14.0. The summed E-state index contributed by atoms with van der Waals surface area (Å²) < 4.78 is 23.3. The van der Waals surface area contributed by atoms with Gasteiger partial charge in [-0.25, -0.2) is 32.0 Å². The molecule has 3 aliphatic heterocycles. The van der Waals surface area contributed by atoms with Gasteiger partial charge in [0.2, 0.25) is 21.8 Å². The van der Waals surface area contributed by atoms with Gasteiger partial charge in [-0.15, -0.1) is 11.8 Å². The van der Waals surface area contributed by atoms with Gasteiger partial charge in [0.05, 0.1) is 19.3 Å². The van der Waals surface area contributed by atoms with Crippen LogP contribution in [0.25, 0.3) is 0 Å². The van der Waals surface area contributed by atoms with Crippen LogP contribution >= 0.6 is 11.8 Å². The molecule has 1 aromatic rings. The Hall–Kier alpha value is -3.33. The Labute approximate surface area is 211 Å². The predicted octanol–water partition coefficient (Wildman–Crippen LogP) is -0.234. The van der Waals surface area contributed by atoms with Crippen molar-refractivity contribution in [3.05, 3.63) is 35.9 Å². The van der Waals surface area contributed by atoms with Crippen molar-refractivity contribution in [1.29, 1.82) is 0 Å². The van der Waals surface area contributed by atoms with Gasteiger partial charge in [0.25, 0.3) is 0 Å². The smallest absolute Gasteiger partial charge is 0.341 e. The maximum Gasteiger partial charge on any atom is 0.341 e. The number of sulfonamides is 1. The molecule has 0 saturated carbocycles. The molecule has 13 nitrogen and oxygen atoms in total. The highest BCUT2D eigenvalue weighted by Gasteiger charge is 2.64. The second kappa shape index (κ2) is 8.96. The van der Waals surface area contributed by atoms with E-state index in [1.54, 1.807) is 44.2 Å². The zero-order valence-electron chi connectivity index (χ0n) is 19.6. The van der Waals surface area contributed by atoms with Crippen molar-refractivity contribution in [2.24, 2.45) is 0 Å². The van der Waals surface area contributed by atoms with Crippen molar-refractivity contribution in [2.75, 3.05) is 19.3 Å². The van der Waals surface area contributed by atoms with Crippen LogP contribution in [0.5, 0.6) is 0 Å². The fourth-order valence-corrected chi connectivity index (χ4v) is 6.96. The molecule has 0 aliphatic carbocycles. The third kappa shape index (κ3) is 4.36. The predicted molar refractivity (Wildman–Crippen MR) is 127 cm³/mol. The number of hydrogen-bond acceptors (Lipinski definition) is 8. The number of thioether (sulfide) groups is 1. The highest BCUT2D eigenvalue weighted by atomic mass is 32.2. The minimum atomic E-state index is -3.87. The van der Waals surface area contributed by atoms with Gasteiger partial charge in [-0.1, -0.05) is 30.3 Å². The molecular formula is C21H25N5O8S2. The van der Waals surface area contributed by atoms with Crippen LogP contribution in [0.2, 0.25) is 0 Å². The average molecular weight is 540 g/mol. The van der Waals surface area contributed by atoms with Crippen molar-refractivity contribution in [1.82, 2.24) is 24.7 Å². The number of β-lactam (4-membered cyclic amide) rings is 1. The molecule has 4 rings (SSSR count). The molecule has 0 bridgehead atoms. The summed E-state index contributed by atoms with van der Waals surface area (Å²) in [4.78, 5) is 65.0. The summed E-state index contributed by atoms with van der Waals surface area (Å²) in [5.41, 5.74) is 0.362. The van der Waals surface area contributed by atoms with Gasteiger partial charge in [-0.2, -0.15) is 0 Å². The van der Waals surface area contributed by atoms with Gasteiger partial charge >= 0.3 is 18.0 Å². The second-order valence-electron chi connectivity index (χ2n) is 9.15. The molecule has 194 valence electrons. The van der Waals surface area contributed by atoms with Crippen LogP contribution in [0.4, 0.5) is 9.59 Å². The first kappa shape index (κ1) is 25.8. The molecular weight excluding hydrogens is 514 g/mol. The number of urea groups is 2. The number of carbonyl (C=O) groups excluding carboxylic acids is 4. The number of nitrogens with zero attached hydrogens (tertiary/aromatic N) is 3. The number of fused-ring (bicyclic) bond motifs is 1. The van der Waals surface area contributed by atoms with Crippen molar-refractivity contribution >= 4 is 51.6 Å². The number of rotatable bonds is 6. The third-order valence-corrected chi connectivity index (χ3v) is 8.96. The molecule has 4 atom stereocenters. The minimum Gasteiger partial charge on any atom is -0.480 e. The SMILES string of the molecule is CC1(C)S[C@H]2[C@H](NC(=O)[C@H](NC(=O)N3CCN(S(C)(=O)=O)C3=O)c3ccccc3)C(=O)N2[C@@H]1C(=O)O. The highest BCUT2D eigenvalue weighted by molar-refractivity contribution is 8.01. The first-order chi connectivity index (χ1) is 16.7. The van der Waals surface area contributed by atoms with Gasteiger partial charge in [-0.3, -0.25) is 9.59 Å². The fraction of sp³-hybridized carbons (Fsp3) is 0.476. The molecule has 0 spiro atoms. The summed E-state index contributed by atoms with van der Waals surface area (Å²) in [6, 6.07) is 2.76. The molecule has 15 heteroatoms. The molecule has 0 radical (unpaired) electrons. The molecule has 3 saturated heterocycles. The van der Waals surface area contributed by atoms with Gasteiger partial charge in [0.1, 0.15) is 23.5 Å². The molecule has 3 N–H and O–H groups in total. The lowest BCUT2D eigenvalue weighted by atomic mass is 9.95. The number of carboxylic acids is 1. The number of nitrogens with one attached hydrogen (secondary N) is 2. The van der Waals surface area contributed by atoms with Crippen molar-refractivity contribution in [3.8, 4) is 0 Å². The Morgan fingerprint density at radius 2 is 1.78 bits per heavy atom. The zero-order valence-corrected chi connectivity index (χ0v) is 21.2. The van der Waals surface area contributed by atoms with Crippen LogP contribution in [0.3, 0.4) is 0 Å². The van der Waals surface area contributed by atoms with Crippen LogP contribution in [-0.2, 0) is 24.4 Å². The summed E-state index contributed by atoms with van der Waals surface area (Å²) in [6.45, 7) is 3.02. The Bertz CT molecular complexity index is 1240. The average Bonchev–Trinajstić information content (AvgIpc) is 3.31. The Morgan fingerprint density at radius 1 is 1.14 bits per heavy atom. The maximum absolute atomic E-state index is 13.3. The number of imide groups is 1. The summed E-state index contributed by atoms with van der Waals surface area (Å²) in [6.07, 6.45) is 0.850.